The zero-order valence-electron chi connectivity index (χ0n) is 22.3. The fourth-order valence-electron chi connectivity index (χ4n) is 3.39. The van der Waals surface area contributed by atoms with Gasteiger partial charge in [-0.05, 0) is 59.5 Å². The van der Waals surface area contributed by atoms with Crippen LogP contribution in [0.2, 0.25) is 0 Å². The maximum atomic E-state index is 12.9. The minimum atomic E-state index is -0.208. The third-order valence-electron chi connectivity index (χ3n) is 4.93. The molecular formula is C26H39N7O2S. The normalized spacial score (nSPS) is 11.6. The number of hydrogen-bond acceptors (Lipinski definition) is 8. The van der Waals surface area contributed by atoms with E-state index in [1.165, 1.54) is 0 Å². The Balaban J connectivity index is 0.00000222. The van der Waals surface area contributed by atoms with Gasteiger partial charge in [0.2, 0.25) is 5.91 Å². The molecular weight excluding hydrogens is 474 g/mol. The number of thiazole rings is 1. The summed E-state index contributed by atoms with van der Waals surface area (Å²) in [5.74, 6) is 0.398. The highest BCUT2D eigenvalue weighted by atomic mass is 32.1. The van der Waals surface area contributed by atoms with Gasteiger partial charge in [0.1, 0.15) is 5.82 Å². The molecule has 2 heterocycles. The molecule has 0 spiro atoms. The number of carbonyl (C=O) groups excluding carboxylic acids is 2. The largest absolute Gasteiger partial charge is 0.382 e. The minimum absolute atomic E-state index is 0.0333. The van der Waals surface area contributed by atoms with Crippen molar-refractivity contribution in [2.24, 2.45) is 0 Å². The maximum absolute atomic E-state index is 12.9. The number of carbonyl (C=O) groups is 2. The predicted octanol–water partition coefficient (Wildman–Crippen LogP) is 4.47. The van der Waals surface area contributed by atoms with Crippen molar-refractivity contribution in [1.29, 1.82) is 0 Å². The number of rotatable bonds is 11. The first kappa shape index (κ1) is 29.0. The first-order valence-electron chi connectivity index (χ1n) is 12.3. The summed E-state index contributed by atoms with van der Waals surface area (Å²) in [6.45, 7) is 10.7. The standard InChI is InChI=1S/C24H33N7O2S.C2H6/c1-15(2)28-20-11-22(30-17-6-7-19-21(10-17)34-14-27-19)26-12-18(20)24(33)25-9-8-16(3)29-23(32)13-31(4)5;1-2/h6-7,10-12,14-16H,8-9,13H2,1-5H3,(H,25,33)(H,29,32)(H2,26,28,30);1-2H3/t16-;/m1./s1. The van der Waals surface area contributed by atoms with Crippen molar-refractivity contribution in [1.82, 2.24) is 25.5 Å². The van der Waals surface area contributed by atoms with Gasteiger partial charge in [0.25, 0.3) is 5.91 Å². The molecule has 0 fully saturated rings. The lowest BCUT2D eigenvalue weighted by Crippen LogP contribution is -2.40. The summed E-state index contributed by atoms with van der Waals surface area (Å²) in [6.07, 6.45) is 2.21. The van der Waals surface area contributed by atoms with E-state index in [9.17, 15) is 9.59 Å². The van der Waals surface area contributed by atoms with Gasteiger partial charge in [-0.1, -0.05) is 13.8 Å². The molecule has 1 aromatic carbocycles. The van der Waals surface area contributed by atoms with Gasteiger partial charge in [-0.15, -0.1) is 11.3 Å². The average molecular weight is 514 g/mol. The predicted molar refractivity (Wildman–Crippen MR) is 150 cm³/mol. The van der Waals surface area contributed by atoms with E-state index in [2.05, 4.69) is 31.2 Å². The SMILES string of the molecule is CC.CC(C)Nc1cc(Nc2ccc3ncsc3c2)ncc1C(=O)NCC[C@@H](C)NC(=O)CN(C)C. The Morgan fingerprint density at radius 1 is 1.08 bits per heavy atom. The molecule has 3 aromatic rings. The van der Waals surface area contributed by atoms with Gasteiger partial charge >= 0.3 is 0 Å². The molecule has 2 amide bonds. The zero-order valence-corrected chi connectivity index (χ0v) is 23.1. The first-order chi connectivity index (χ1) is 17.2. The van der Waals surface area contributed by atoms with Gasteiger partial charge in [-0.2, -0.15) is 0 Å². The number of anilines is 3. The molecule has 3 rings (SSSR count). The minimum Gasteiger partial charge on any atom is -0.382 e. The van der Waals surface area contributed by atoms with Crippen LogP contribution in [0.1, 0.15) is 51.4 Å². The highest BCUT2D eigenvalue weighted by molar-refractivity contribution is 7.16. The summed E-state index contributed by atoms with van der Waals surface area (Å²) >= 11 is 1.58. The van der Waals surface area contributed by atoms with Gasteiger partial charge in [0.05, 0.1) is 33.5 Å². The van der Waals surface area contributed by atoms with E-state index < -0.39 is 0 Å². The monoisotopic (exact) mass is 513 g/mol. The highest BCUT2D eigenvalue weighted by Crippen LogP contribution is 2.26. The van der Waals surface area contributed by atoms with E-state index in [1.807, 2.05) is 83.4 Å². The summed E-state index contributed by atoms with van der Waals surface area (Å²) in [4.78, 5) is 35.3. The van der Waals surface area contributed by atoms with Crippen LogP contribution in [0.5, 0.6) is 0 Å². The fourth-order valence-corrected chi connectivity index (χ4v) is 4.11. The van der Waals surface area contributed by atoms with Crippen LogP contribution >= 0.6 is 11.3 Å². The number of pyridine rings is 1. The van der Waals surface area contributed by atoms with Crippen molar-refractivity contribution in [2.75, 3.05) is 37.8 Å². The van der Waals surface area contributed by atoms with Crippen molar-refractivity contribution in [3.8, 4) is 0 Å². The van der Waals surface area contributed by atoms with Crippen molar-refractivity contribution >= 4 is 50.6 Å². The van der Waals surface area contributed by atoms with Crippen LogP contribution in [0.25, 0.3) is 10.2 Å². The number of fused-ring (bicyclic) bond motifs is 1. The molecule has 4 N–H and O–H groups in total. The molecule has 2 aromatic heterocycles. The van der Waals surface area contributed by atoms with Gasteiger partial charge in [0, 0.05) is 36.6 Å². The van der Waals surface area contributed by atoms with Gasteiger partial charge < -0.3 is 26.2 Å². The number of nitrogens with zero attached hydrogens (tertiary/aromatic N) is 3. The summed E-state index contributed by atoms with van der Waals surface area (Å²) in [6, 6.07) is 7.90. The molecule has 0 aliphatic rings. The van der Waals surface area contributed by atoms with E-state index >= 15 is 0 Å². The third-order valence-corrected chi connectivity index (χ3v) is 5.72. The zero-order chi connectivity index (χ0) is 26.7. The number of hydrogen-bond donors (Lipinski definition) is 4. The van der Waals surface area contributed by atoms with Crippen LogP contribution in [0.15, 0.2) is 36.0 Å². The second kappa shape index (κ2) is 14.4. The van der Waals surface area contributed by atoms with Crippen molar-refractivity contribution < 1.29 is 9.59 Å². The Labute approximate surface area is 218 Å². The van der Waals surface area contributed by atoms with Crippen LogP contribution in [-0.4, -0.2) is 66.0 Å². The molecule has 0 unspecified atom stereocenters. The molecule has 36 heavy (non-hydrogen) atoms. The lowest BCUT2D eigenvalue weighted by molar-refractivity contribution is -0.122. The second-order valence-electron chi connectivity index (χ2n) is 8.82. The number of aromatic nitrogens is 2. The van der Waals surface area contributed by atoms with E-state index in [4.69, 9.17) is 0 Å². The Hall–Kier alpha value is -3.24. The summed E-state index contributed by atoms with van der Waals surface area (Å²) < 4.78 is 1.09. The Bertz CT molecular complexity index is 1130. The number of benzene rings is 1. The average Bonchev–Trinajstić information content (AvgIpc) is 3.27. The van der Waals surface area contributed by atoms with E-state index in [0.29, 0.717) is 36.6 Å². The Morgan fingerprint density at radius 3 is 2.53 bits per heavy atom. The van der Waals surface area contributed by atoms with E-state index in [0.717, 1.165) is 15.9 Å². The van der Waals surface area contributed by atoms with Crippen molar-refractivity contribution in [3.05, 3.63) is 41.5 Å². The van der Waals surface area contributed by atoms with Crippen LogP contribution in [-0.2, 0) is 4.79 Å². The van der Waals surface area contributed by atoms with Crippen LogP contribution in [0.3, 0.4) is 0 Å². The Kier molecular flexibility index (Phi) is 11.6. The lowest BCUT2D eigenvalue weighted by Gasteiger charge is -2.18. The molecule has 0 radical (unpaired) electrons. The molecule has 0 aliphatic heterocycles. The van der Waals surface area contributed by atoms with E-state index in [-0.39, 0.29) is 23.9 Å². The Morgan fingerprint density at radius 2 is 1.83 bits per heavy atom. The van der Waals surface area contributed by atoms with Crippen molar-refractivity contribution in [2.45, 2.75) is 53.1 Å². The second-order valence-corrected chi connectivity index (χ2v) is 9.71. The van der Waals surface area contributed by atoms with E-state index in [1.54, 1.807) is 17.5 Å². The topological polar surface area (TPSA) is 111 Å². The molecule has 10 heteroatoms. The fraction of sp³-hybridized carbons (Fsp3) is 0.462. The molecule has 9 nitrogen and oxygen atoms in total. The summed E-state index contributed by atoms with van der Waals surface area (Å²) in [5.41, 5.74) is 4.87. The lowest BCUT2D eigenvalue weighted by atomic mass is 10.1. The van der Waals surface area contributed by atoms with Crippen LogP contribution in [0.4, 0.5) is 17.2 Å². The van der Waals surface area contributed by atoms with Gasteiger partial charge in [0.15, 0.2) is 0 Å². The third kappa shape index (κ3) is 9.09. The van der Waals surface area contributed by atoms with Crippen molar-refractivity contribution in [3.63, 3.8) is 0 Å². The van der Waals surface area contributed by atoms with Gasteiger partial charge in [-0.25, -0.2) is 9.97 Å². The quantitative estimate of drug-likeness (QED) is 0.299. The van der Waals surface area contributed by atoms with Crippen LogP contribution < -0.4 is 21.3 Å². The molecule has 0 bridgehead atoms. The highest BCUT2D eigenvalue weighted by Gasteiger charge is 2.15. The summed E-state index contributed by atoms with van der Waals surface area (Å²) in [5, 5.41) is 12.5. The number of likely N-dealkylation sites (N-methyl/N-ethyl adjacent to an activating group) is 1. The smallest absolute Gasteiger partial charge is 0.254 e. The molecule has 0 saturated heterocycles. The number of nitrogens with one attached hydrogen (secondary N) is 4. The first-order valence-corrected chi connectivity index (χ1v) is 13.2. The summed E-state index contributed by atoms with van der Waals surface area (Å²) in [7, 11) is 3.70. The molecule has 196 valence electrons. The maximum Gasteiger partial charge on any atom is 0.254 e. The number of amides is 2. The van der Waals surface area contributed by atoms with Gasteiger partial charge in [-0.3, -0.25) is 9.59 Å². The molecule has 0 saturated carbocycles. The molecule has 0 aliphatic carbocycles. The van der Waals surface area contributed by atoms with Crippen LogP contribution in [0, 0.1) is 0 Å². The molecule has 1 atom stereocenters.